The van der Waals surface area contributed by atoms with Crippen LogP contribution in [0.15, 0.2) is 35.6 Å². The first-order valence-electron chi connectivity index (χ1n) is 5.89. The zero-order chi connectivity index (χ0) is 15.3. The minimum Gasteiger partial charge on any atom is -0.384 e. The van der Waals surface area contributed by atoms with E-state index in [1.165, 1.54) is 12.5 Å². The van der Waals surface area contributed by atoms with E-state index < -0.39 is 22.4 Å². The minimum absolute atomic E-state index is 0.0128. The summed E-state index contributed by atoms with van der Waals surface area (Å²) in [7, 11) is -3.86. The van der Waals surface area contributed by atoms with Gasteiger partial charge in [0.2, 0.25) is 10.0 Å². The summed E-state index contributed by atoms with van der Waals surface area (Å²) in [6.07, 6.45) is 2.92. The average Bonchev–Trinajstić information content (AvgIpc) is 2.96. The van der Waals surface area contributed by atoms with Gasteiger partial charge in [0, 0.05) is 17.5 Å². The molecule has 1 aromatic carbocycles. The van der Waals surface area contributed by atoms with Crippen molar-refractivity contribution < 1.29 is 17.9 Å². The number of imidazole rings is 1. The molecule has 6 nitrogen and oxygen atoms in total. The minimum atomic E-state index is -3.86. The fourth-order valence-corrected chi connectivity index (χ4v) is 2.75. The number of aliphatic hydroxyl groups is 1. The molecule has 0 atom stereocenters. The van der Waals surface area contributed by atoms with E-state index in [-0.39, 0.29) is 17.0 Å². The van der Waals surface area contributed by atoms with E-state index in [0.717, 1.165) is 18.2 Å². The Morgan fingerprint density at radius 2 is 2.24 bits per heavy atom. The second kappa shape index (κ2) is 6.49. The van der Waals surface area contributed by atoms with Crippen molar-refractivity contribution >= 4 is 10.0 Å². The van der Waals surface area contributed by atoms with Crippen LogP contribution in [0.5, 0.6) is 0 Å². The van der Waals surface area contributed by atoms with E-state index in [0.29, 0.717) is 5.69 Å². The van der Waals surface area contributed by atoms with Crippen LogP contribution in [0.3, 0.4) is 0 Å². The highest BCUT2D eigenvalue weighted by atomic mass is 32.2. The molecular formula is C13H12FN3O3S. The van der Waals surface area contributed by atoms with E-state index in [2.05, 4.69) is 26.5 Å². The lowest BCUT2D eigenvalue weighted by molar-refractivity contribution is 0.350. The monoisotopic (exact) mass is 309 g/mol. The molecule has 0 spiro atoms. The third-order valence-electron chi connectivity index (χ3n) is 2.54. The topological polar surface area (TPSA) is 95.1 Å². The lowest BCUT2D eigenvalue weighted by Gasteiger charge is -2.08. The van der Waals surface area contributed by atoms with E-state index in [1.54, 1.807) is 0 Å². The van der Waals surface area contributed by atoms with Crippen LogP contribution in [0.2, 0.25) is 0 Å². The maximum Gasteiger partial charge on any atom is 0.242 e. The molecule has 0 radical (unpaired) electrons. The molecule has 21 heavy (non-hydrogen) atoms. The molecule has 1 aromatic heterocycles. The number of nitrogens with one attached hydrogen (secondary N) is 2. The summed E-state index contributed by atoms with van der Waals surface area (Å²) in [5.74, 6) is 4.12. The number of hydrogen-bond acceptors (Lipinski definition) is 4. The largest absolute Gasteiger partial charge is 0.384 e. The van der Waals surface area contributed by atoms with Gasteiger partial charge in [-0.2, -0.15) is 0 Å². The van der Waals surface area contributed by atoms with Crippen LogP contribution in [-0.4, -0.2) is 30.1 Å². The summed E-state index contributed by atoms with van der Waals surface area (Å²) in [4.78, 5) is 6.39. The van der Waals surface area contributed by atoms with Gasteiger partial charge in [0.15, 0.2) is 0 Å². The number of rotatable bonds is 4. The number of aromatic nitrogens is 2. The zero-order valence-electron chi connectivity index (χ0n) is 10.8. The number of H-pyrrole nitrogens is 1. The van der Waals surface area contributed by atoms with Gasteiger partial charge in [0.05, 0.1) is 17.8 Å². The second-order valence-electron chi connectivity index (χ2n) is 4.00. The number of halogens is 1. The molecule has 8 heteroatoms. The summed E-state index contributed by atoms with van der Waals surface area (Å²) < 4.78 is 40.0. The molecule has 0 aliphatic carbocycles. The van der Waals surface area contributed by atoms with Crippen molar-refractivity contribution in [2.24, 2.45) is 0 Å². The number of nitrogens with zero attached hydrogens (tertiary/aromatic N) is 1. The third-order valence-corrected chi connectivity index (χ3v) is 4.00. The van der Waals surface area contributed by atoms with Crippen molar-refractivity contribution in [3.63, 3.8) is 0 Å². The Morgan fingerprint density at radius 1 is 1.43 bits per heavy atom. The normalized spacial score (nSPS) is 11.0. The highest BCUT2D eigenvalue weighted by Crippen LogP contribution is 2.16. The first kappa shape index (κ1) is 15.2. The fourth-order valence-electron chi connectivity index (χ4n) is 1.60. The first-order valence-corrected chi connectivity index (χ1v) is 7.37. The average molecular weight is 309 g/mol. The predicted octanol–water partition coefficient (Wildman–Crippen LogP) is 0.371. The van der Waals surface area contributed by atoms with Gasteiger partial charge in [0.1, 0.15) is 12.4 Å². The number of benzene rings is 1. The summed E-state index contributed by atoms with van der Waals surface area (Å²) >= 11 is 0. The molecule has 0 bridgehead atoms. The zero-order valence-corrected chi connectivity index (χ0v) is 11.6. The Labute approximate surface area is 121 Å². The Bertz CT molecular complexity index is 777. The highest BCUT2D eigenvalue weighted by molar-refractivity contribution is 7.89. The molecule has 0 saturated heterocycles. The van der Waals surface area contributed by atoms with Crippen molar-refractivity contribution in [3.8, 4) is 11.8 Å². The summed E-state index contributed by atoms with van der Waals surface area (Å²) in [6, 6.07) is 3.17. The summed E-state index contributed by atoms with van der Waals surface area (Å²) in [5.41, 5.74) is 0.574. The summed E-state index contributed by atoms with van der Waals surface area (Å²) in [6.45, 7) is -0.426. The van der Waals surface area contributed by atoms with E-state index in [1.807, 2.05) is 0 Å². The lowest BCUT2D eigenvalue weighted by Crippen LogP contribution is -2.24. The van der Waals surface area contributed by atoms with E-state index >= 15 is 0 Å². The molecule has 0 fully saturated rings. The van der Waals surface area contributed by atoms with Crippen LogP contribution in [0.25, 0.3) is 0 Å². The van der Waals surface area contributed by atoms with E-state index in [4.69, 9.17) is 5.11 Å². The van der Waals surface area contributed by atoms with Gasteiger partial charge in [-0.15, -0.1) is 0 Å². The van der Waals surface area contributed by atoms with Crippen molar-refractivity contribution in [3.05, 3.63) is 47.8 Å². The van der Waals surface area contributed by atoms with Crippen LogP contribution in [-0.2, 0) is 16.6 Å². The molecule has 2 aromatic rings. The van der Waals surface area contributed by atoms with Crippen LogP contribution in [0.1, 0.15) is 11.3 Å². The first-order chi connectivity index (χ1) is 10.0. The Balaban J connectivity index is 2.30. The Hall–Kier alpha value is -2.21. The van der Waals surface area contributed by atoms with Crippen LogP contribution in [0.4, 0.5) is 4.39 Å². The lowest BCUT2D eigenvalue weighted by atomic mass is 10.2. The van der Waals surface area contributed by atoms with E-state index in [9.17, 15) is 12.8 Å². The van der Waals surface area contributed by atoms with Crippen molar-refractivity contribution in [1.82, 2.24) is 14.7 Å². The van der Waals surface area contributed by atoms with Crippen molar-refractivity contribution in [1.29, 1.82) is 0 Å². The van der Waals surface area contributed by atoms with Gasteiger partial charge < -0.3 is 10.1 Å². The smallest absolute Gasteiger partial charge is 0.242 e. The fraction of sp³-hybridized carbons (Fsp3) is 0.154. The third kappa shape index (κ3) is 3.88. The highest BCUT2D eigenvalue weighted by Gasteiger charge is 2.18. The standard InChI is InChI=1S/C13H12FN3O3S/c14-11-3-4-13(10(6-11)2-1-5-18)21(19,20)17-8-12-7-15-9-16-12/h3-4,6-7,9,17-18H,5,8H2,(H,15,16). The Kier molecular flexibility index (Phi) is 4.70. The number of aliphatic hydroxyl groups excluding tert-OH is 1. The van der Waals surface area contributed by atoms with Gasteiger partial charge in [0.25, 0.3) is 0 Å². The molecule has 0 unspecified atom stereocenters. The van der Waals surface area contributed by atoms with Crippen LogP contribution < -0.4 is 4.72 Å². The molecule has 0 aliphatic rings. The maximum atomic E-state index is 13.2. The second-order valence-corrected chi connectivity index (χ2v) is 5.74. The quantitative estimate of drug-likeness (QED) is 0.711. The molecule has 1 heterocycles. The number of hydrogen-bond donors (Lipinski definition) is 3. The van der Waals surface area contributed by atoms with Gasteiger partial charge in [-0.25, -0.2) is 22.5 Å². The predicted molar refractivity (Wildman–Crippen MR) is 73.0 cm³/mol. The summed E-state index contributed by atoms with van der Waals surface area (Å²) in [5, 5.41) is 8.68. The van der Waals surface area contributed by atoms with Crippen LogP contribution >= 0.6 is 0 Å². The van der Waals surface area contributed by atoms with Crippen molar-refractivity contribution in [2.75, 3.05) is 6.61 Å². The molecule has 110 valence electrons. The molecule has 3 N–H and O–H groups in total. The van der Waals surface area contributed by atoms with Crippen LogP contribution in [0, 0.1) is 17.7 Å². The SMILES string of the molecule is O=S(=O)(NCc1cnc[nH]1)c1ccc(F)cc1C#CCO. The molecular weight excluding hydrogens is 297 g/mol. The van der Waals surface area contributed by atoms with Crippen molar-refractivity contribution in [2.45, 2.75) is 11.4 Å². The molecule has 2 rings (SSSR count). The van der Waals surface area contributed by atoms with Gasteiger partial charge in [-0.05, 0) is 18.2 Å². The Morgan fingerprint density at radius 3 is 2.90 bits per heavy atom. The molecule has 0 amide bonds. The van der Waals surface area contributed by atoms with Gasteiger partial charge >= 0.3 is 0 Å². The van der Waals surface area contributed by atoms with Gasteiger partial charge in [-0.3, -0.25) is 0 Å². The number of sulfonamides is 1. The van der Waals surface area contributed by atoms with Gasteiger partial charge in [-0.1, -0.05) is 11.8 Å². The molecule has 0 saturated carbocycles. The maximum absolute atomic E-state index is 13.2. The number of aromatic amines is 1. The molecule has 0 aliphatic heterocycles.